The van der Waals surface area contributed by atoms with Crippen LogP contribution in [0.15, 0.2) is 0 Å². The Morgan fingerprint density at radius 3 is 1.00 bits per heavy atom. The maximum atomic E-state index is 12.8. The predicted molar refractivity (Wildman–Crippen MR) is 192 cm³/mol. The SMILES string of the molecule is [CH2]CCC(CC(=O)CCCCCCCCCCCCCCCCC)C(=O)CCCCCCCCCCCCCCCCC. The molecule has 0 spiro atoms. The summed E-state index contributed by atoms with van der Waals surface area (Å²) in [5, 5.41) is 0. The summed E-state index contributed by atoms with van der Waals surface area (Å²) in [7, 11) is 0. The van der Waals surface area contributed by atoms with Crippen LogP contribution in [0.1, 0.15) is 239 Å². The number of ketones is 2. The lowest BCUT2D eigenvalue weighted by Crippen LogP contribution is -2.18. The van der Waals surface area contributed by atoms with E-state index in [2.05, 4.69) is 20.8 Å². The molecule has 43 heavy (non-hydrogen) atoms. The molecule has 0 fully saturated rings. The van der Waals surface area contributed by atoms with Crippen molar-refractivity contribution in [1.82, 2.24) is 0 Å². The zero-order chi connectivity index (χ0) is 31.5. The third-order valence-electron chi connectivity index (χ3n) is 9.57. The number of rotatable bonds is 37. The molecule has 0 amide bonds. The lowest BCUT2D eigenvalue weighted by Gasteiger charge is -2.14. The minimum Gasteiger partial charge on any atom is -0.300 e. The topological polar surface area (TPSA) is 34.1 Å². The molecule has 0 aliphatic carbocycles. The molecule has 1 unspecified atom stereocenters. The van der Waals surface area contributed by atoms with Gasteiger partial charge < -0.3 is 0 Å². The van der Waals surface area contributed by atoms with Crippen molar-refractivity contribution in [2.24, 2.45) is 5.92 Å². The van der Waals surface area contributed by atoms with Gasteiger partial charge in [-0.25, -0.2) is 0 Å². The Labute approximate surface area is 272 Å². The zero-order valence-corrected chi connectivity index (χ0v) is 29.8. The number of Topliss-reactive ketones (excluding diaryl/α,β-unsaturated/α-hetero) is 2. The first-order chi connectivity index (χ1) is 21.2. The standard InChI is InChI=1S/C41H79O2/c1-4-7-9-11-13-15-17-19-21-23-25-27-29-31-33-36-40(42)38-39(35-6-3)41(43)37-34-32-30-28-26-24-22-20-18-16-14-12-10-8-5-2/h39H,3-38H2,1-2H3. The monoisotopic (exact) mass is 604 g/mol. The third kappa shape index (κ3) is 32.5. The van der Waals surface area contributed by atoms with Gasteiger partial charge >= 0.3 is 0 Å². The molecule has 255 valence electrons. The zero-order valence-electron chi connectivity index (χ0n) is 29.8. The predicted octanol–water partition coefficient (Wildman–Crippen LogP) is 14.3. The second-order valence-corrected chi connectivity index (χ2v) is 13.9. The summed E-state index contributed by atoms with van der Waals surface area (Å²) in [5.74, 6) is 0.550. The summed E-state index contributed by atoms with van der Waals surface area (Å²) in [4.78, 5) is 25.4. The molecule has 0 rings (SSSR count). The number of carbonyl (C=O) groups excluding carboxylic acids is 2. The molecule has 2 heteroatoms. The van der Waals surface area contributed by atoms with Crippen LogP contribution in [0.3, 0.4) is 0 Å². The minimum atomic E-state index is -0.0759. The van der Waals surface area contributed by atoms with Crippen molar-refractivity contribution in [3.8, 4) is 0 Å². The summed E-state index contributed by atoms with van der Waals surface area (Å²) < 4.78 is 0. The molecule has 0 heterocycles. The molecule has 1 atom stereocenters. The molecule has 0 saturated heterocycles. The maximum absolute atomic E-state index is 12.8. The molecule has 0 bridgehead atoms. The Bertz CT molecular complexity index is 568. The average Bonchev–Trinajstić information content (AvgIpc) is 3.00. The van der Waals surface area contributed by atoms with Crippen molar-refractivity contribution in [3.63, 3.8) is 0 Å². The van der Waals surface area contributed by atoms with Crippen LogP contribution in [0.4, 0.5) is 0 Å². The van der Waals surface area contributed by atoms with Crippen LogP contribution in [0.2, 0.25) is 0 Å². The fourth-order valence-corrected chi connectivity index (χ4v) is 6.57. The van der Waals surface area contributed by atoms with E-state index in [0.717, 1.165) is 38.5 Å². The summed E-state index contributed by atoms with van der Waals surface area (Å²) in [6, 6.07) is 0. The molecule has 1 radical (unpaired) electrons. The minimum absolute atomic E-state index is 0.0759. The first kappa shape index (κ1) is 42.3. The van der Waals surface area contributed by atoms with Gasteiger partial charge in [-0.15, -0.1) is 0 Å². The lowest BCUT2D eigenvalue weighted by atomic mass is 9.89. The normalized spacial score (nSPS) is 12.2. The summed E-state index contributed by atoms with van der Waals surface area (Å²) >= 11 is 0. The first-order valence-corrected chi connectivity index (χ1v) is 20.0. The Morgan fingerprint density at radius 1 is 0.419 bits per heavy atom. The van der Waals surface area contributed by atoms with E-state index in [-0.39, 0.29) is 5.92 Å². The van der Waals surface area contributed by atoms with Gasteiger partial charge in [0, 0.05) is 25.2 Å². The summed E-state index contributed by atoms with van der Waals surface area (Å²) in [6.07, 6.45) is 43.6. The molecule has 0 N–H and O–H groups in total. The number of carbonyl (C=O) groups is 2. The Balaban J connectivity index is 3.62. The van der Waals surface area contributed by atoms with Crippen LogP contribution in [0.5, 0.6) is 0 Å². The highest BCUT2D eigenvalue weighted by Crippen LogP contribution is 2.20. The van der Waals surface area contributed by atoms with Crippen LogP contribution in [0.25, 0.3) is 0 Å². The van der Waals surface area contributed by atoms with Crippen molar-refractivity contribution in [3.05, 3.63) is 6.92 Å². The van der Waals surface area contributed by atoms with Crippen molar-refractivity contribution >= 4 is 11.6 Å². The van der Waals surface area contributed by atoms with E-state index < -0.39 is 0 Å². The summed E-state index contributed by atoms with van der Waals surface area (Å²) in [6.45, 7) is 8.54. The van der Waals surface area contributed by atoms with E-state index in [0.29, 0.717) is 30.8 Å². The fraction of sp³-hybridized carbons (Fsp3) is 0.927. The molecule has 0 aromatic heterocycles. The highest BCUT2D eigenvalue weighted by atomic mass is 16.1. The van der Waals surface area contributed by atoms with Crippen LogP contribution in [-0.2, 0) is 9.59 Å². The van der Waals surface area contributed by atoms with Crippen LogP contribution in [-0.4, -0.2) is 11.6 Å². The molecular formula is C41H79O2. The third-order valence-corrected chi connectivity index (χ3v) is 9.57. The molecule has 2 nitrogen and oxygen atoms in total. The number of hydrogen-bond acceptors (Lipinski definition) is 2. The van der Waals surface area contributed by atoms with Gasteiger partial charge in [-0.1, -0.05) is 207 Å². The van der Waals surface area contributed by atoms with E-state index >= 15 is 0 Å². The van der Waals surface area contributed by atoms with Crippen molar-refractivity contribution in [2.75, 3.05) is 0 Å². The molecule has 0 aliphatic rings. The van der Waals surface area contributed by atoms with Crippen molar-refractivity contribution < 1.29 is 9.59 Å². The summed E-state index contributed by atoms with van der Waals surface area (Å²) in [5.41, 5.74) is 0. The van der Waals surface area contributed by atoms with E-state index in [1.54, 1.807) is 0 Å². The highest BCUT2D eigenvalue weighted by Gasteiger charge is 2.20. The van der Waals surface area contributed by atoms with Crippen LogP contribution in [0, 0.1) is 12.8 Å². The van der Waals surface area contributed by atoms with E-state index in [1.807, 2.05) is 0 Å². The quantitative estimate of drug-likeness (QED) is 0.0662. The molecule has 0 aromatic carbocycles. The molecular weight excluding hydrogens is 524 g/mol. The Kier molecular flexibility index (Phi) is 35.3. The van der Waals surface area contributed by atoms with Gasteiger partial charge in [-0.2, -0.15) is 0 Å². The Morgan fingerprint density at radius 2 is 0.698 bits per heavy atom. The van der Waals surface area contributed by atoms with Gasteiger partial charge in [-0.3, -0.25) is 9.59 Å². The van der Waals surface area contributed by atoms with Crippen LogP contribution < -0.4 is 0 Å². The lowest BCUT2D eigenvalue weighted by molar-refractivity contribution is -0.128. The van der Waals surface area contributed by atoms with E-state index in [4.69, 9.17) is 0 Å². The van der Waals surface area contributed by atoms with Gasteiger partial charge in [0.25, 0.3) is 0 Å². The van der Waals surface area contributed by atoms with Gasteiger partial charge in [0.05, 0.1) is 0 Å². The smallest absolute Gasteiger partial charge is 0.136 e. The number of hydrogen-bond donors (Lipinski definition) is 0. The van der Waals surface area contributed by atoms with E-state index in [1.165, 1.54) is 167 Å². The Hall–Kier alpha value is -0.660. The number of unbranched alkanes of at least 4 members (excludes halogenated alkanes) is 28. The van der Waals surface area contributed by atoms with Gasteiger partial charge in [0.15, 0.2) is 0 Å². The van der Waals surface area contributed by atoms with E-state index in [9.17, 15) is 9.59 Å². The van der Waals surface area contributed by atoms with Gasteiger partial charge in [0.1, 0.15) is 11.6 Å². The van der Waals surface area contributed by atoms with Gasteiger partial charge in [-0.05, 0) is 19.3 Å². The van der Waals surface area contributed by atoms with Crippen molar-refractivity contribution in [2.45, 2.75) is 239 Å². The first-order valence-electron chi connectivity index (χ1n) is 20.0. The second-order valence-electron chi connectivity index (χ2n) is 13.9. The fourth-order valence-electron chi connectivity index (χ4n) is 6.57. The maximum Gasteiger partial charge on any atom is 0.136 e. The highest BCUT2D eigenvalue weighted by molar-refractivity contribution is 5.87. The van der Waals surface area contributed by atoms with Crippen molar-refractivity contribution in [1.29, 1.82) is 0 Å². The molecule has 0 aliphatic heterocycles. The molecule has 0 aromatic rings. The van der Waals surface area contributed by atoms with Gasteiger partial charge in [0.2, 0.25) is 0 Å². The second kappa shape index (κ2) is 35.8. The molecule has 0 saturated carbocycles. The average molecular weight is 604 g/mol. The largest absolute Gasteiger partial charge is 0.300 e. The van der Waals surface area contributed by atoms with Crippen LogP contribution >= 0.6 is 0 Å².